The average Bonchev–Trinajstić information content (AvgIpc) is 2.75. The molecule has 1 aromatic rings. The molecule has 0 unspecified atom stereocenters. The lowest BCUT2D eigenvalue weighted by atomic mass is 10.2. The van der Waals surface area contributed by atoms with Crippen molar-refractivity contribution in [2.75, 3.05) is 18.8 Å². The number of sulfone groups is 1. The molecule has 0 N–H and O–H groups in total. The molecular weight excluding hydrogens is 300 g/mol. The number of carbonyl (C=O) groups is 1. The number of carbonyl (C=O) groups excluding carboxylic acids is 1. The minimum absolute atomic E-state index is 0.206. The Balaban J connectivity index is 2.00. The van der Waals surface area contributed by atoms with Crippen LogP contribution in [-0.4, -0.2) is 38.1 Å². The zero-order valence-electron chi connectivity index (χ0n) is 12.5. The maximum atomic E-state index is 12.2. The molecule has 1 amide bonds. The van der Waals surface area contributed by atoms with Gasteiger partial charge in [0.25, 0.3) is 0 Å². The topological polar surface area (TPSA) is 78.2 Å². The van der Waals surface area contributed by atoms with Crippen molar-refractivity contribution < 1.29 is 13.2 Å². The minimum Gasteiger partial charge on any atom is -0.342 e. The molecule has 22 heavy (non-hydrogen) atoms. The van der Waals surface area contributed by atoms with Gasteiger partial charge in [0.1, 0.15) is 5.75 Å². The van der Waals surface area contributed by atoms with Gasteiger partial charge in [0.05, 0.1) is 17.4 Å². The Kier molecular flexibility index (Phi) is 5.56. The number of likely N-dealkylation sites (tertiary alicyclic amines) is 1. The van der Waals surface area contributed by atoms with Crippen LogP contribution < -0.4 is 0 Å². The molecule has 5 nitrogen and oxygen atoms in total. The van der Waals surface area contributed by atoms with Crippen LogP contribution in [0.3, 0.4) is 0 Å². The van der Waals surface area contributed by atoms with Crippen LogP contribution >= 0.6 is 0 Å². The Bertz CT molecular complexity index is 669. The lowest BCUT2D eigenvalue weighted by Crippen LogP contribution is -2.36. The van der Waals surface area contributed by atoms with Crippen LogP contribution in [0.15, 0.2) is 24.3 Å². The summed E-state index contributed by atoms with van der Waals surface area (Å²) in [6.07, 6.45) is 4.07. The number of rotatable bonds is 4. The number of hydrogen-bond acceptors (Lipinski definition) is 4. The fourth-order valence-corrected chi connectivity index (χ4v) is 3.98. The summed E-state index contributed by atoms with van der Waals surface area (Å²) in [6.45, 7) is 1.30. The normalized spacial score (nSPS) is 15.9. The zero-order chi connectivity index (χ0) is 16.0. The van der Waals surface area contributed by atoms with Gasteiger partial charge in [-0.3, -0.25) is 4.79 Å². The van der Waals surface area contributed by atoms with Gasteiger partial charge < -0.3 is 4.90 Å². The van der Waals surface area contributed by atoms with Crippen LogP contribution in [0.1, 0.15) is 36.8 Å². The van der Waals surface area contributed by atoms with Crippen LogP contribution in [0.4, 0.5) is 0 Å². The molecule has 1 fully saturated rings. The SMILES string of the molecule is N#Cc1cccc(CS(=O)(=O)CC(=O)N2CCCCCC2)c1. The van der Waals surface area contributed by atoms with E-state index in [0.29, 0.717) is 24.2 Å². The van der Waals surface area contributed by atoms with E-state index in [0.717, 1.165) is 25.7 Å². The zero-order valence-corrected chi connectivity index (χ0v) is 13.3. The van der Waals surface area contributed by atoms with E-state index in [2.05, 4.69) is 0 Å². The van der Waals surface area contributed by atoms with E-state index < -0.39 is 15.6 Å². The van der Waals surface area contributed by atoms with E-state index in [-0.39, 0.29) is 11.7 Å². The lowest BCUT2D eigenvalue weighted by Gasteiger charge is -2.20. The quantitative estimate of drug-likeness (QED) is 0.848. The van der Waals surface area contributed by atoms with Gasteiger partial charge in [0.2, 0.25) is 5.91 Å². The molecule has 0 spiro atoms. The minimum atomic E-state index is -3.52. The monoisotopic (exact) mass is 320 g/mol. The molecule has 1 aliphatic rings. The number of nitrogens with zero attached hydrogens (tertiary/aromatic N) is 2. The summed E-state index contributed by atoms with van der Waals surface area (Å²) in [7, 11) is -3.52. The van der Waals surface area contributed by atoms with Gasteiger partial charge >= 0.3 is 0 Å². The Morgan fingerprint density at radius 3 is 2.50 bits per heavy atom. The van der Waals surface area contributed by atoms with Crippen molar-refractivity contribution in [1.82, 2.24) is 4.90 Å². The lowest BCUT2D eigenvalue weighted by molar-refractivity contribution is -0.128. The largest absolute Gasteiger partial charge is 0.342 e. The van der Waals surface area contributed by atoms with E-state index in [4.69, 9.17) is 5.26 Å². The van der Waals surface area contributed by atoms with Crippen molar-refractivity contribution in [3.8, 4) is 6.07 Å². The highest BCUT2D eigenvalue weighted by Crippen LogP contribution is 2.13. The van der Waals surface area contributed by atoms with Crippen molar-refractivity contribution in [3.05, 3.63) is 35.4 Å². The average molecular weight is 320 g/mol. The van der Waals surface area contributed by atoms with E-state index in [1.807, 2.05) is 6.07 Å². The van der Waals surface area contributed by atoms with Crippen LogP contribution in [0.5, 0.6) is 0 Å². The highest BCUT2D eigenvalue weighted by molar-refractivity contribution is 7.91. The molecule has 118 valence electrons. The van der Waals surface area contributed by atoms with Gasteiger partial charge in [0.15, 0.2) is 9.84 Å². The fourth-order valence-electron chi connectivity index (χ4n) is 2.64. The Labute approximate surface area is 131 Å². The van der Waals surface area contributed by atoms with Gasteiger partial charge in [-0.25, -0.2) is 8.42 Å². The third kappa shape index (κ3) is 4.85. The first kappa shape index (κ1) is 16.5. The molecule has 2 rings (SSSR count). The highest BCUT2D eigenvalue weighted by atomic mass is 32.2. The molecule has 1 heterocycles. The molecule has 0 atom stereocenters. The molecule has 1 saturated heterocycles. The molecule has 0 aromatic heterocycles. The smallest absolute Gasteiger partial charge is 0.237 e. The van der Waals surface area contributed by atoms with Gasteiger partial charge in [-0.2, -0.15) is 5.26 Å². The first-order chi connectivity index (χ1) is 10.5. The van der Waals surface area contributed by atoms with Gasteiger partial charge in [0, 0.05) is 13.1 Å². The molecule has 0 saturated carbocycles. The molecule has 1 aliphatic heterocycles. The Morgan fingerprint density at radius 2 is 1.86 bits per heavy atom. The fraction of sp³-hybridized carbons (Fsp3) is 0.500. The number of amides is 1. The Hall–Kier alpha value is -1.87. The summed E-state index contributed by atoms with van der Waals surface area (Å²) in [5.74, 6) is -0.968. The predicted octanol–water partition coefficient (Wildman–Crippen LogP) is 1.88. The number of benzene rings is 1. The van der Waals surface area contributed by atoms with Gasteiger partial charge in [-0.15, -0.1) is 0 Å². The second-order valence-electron chi connectivity index (χ2n) is 5.64. The summed E-state index contributed by atoms with van der Waals surface area (Å²) < 4.78 is 24.4. The summed E-state index contributed by atoms with van der Waals surface area (Å²) >= 11 is 0. The van der Waals surface area contributed by atoms with Crippen LogP contribution in [-0.2, 0) is 20.4 Å². The third-order valence-electron chi connectivity index (χ3n) is 3.74. The van der Waals surface area contributed by atoms with E-state index >= 15 is 0 Å². The molecule has 6 heteroatoms. The van der Waals surface area contributed by atoms with Gasteiger partial charge in [-0.1, -0.05) is 25.0 Å². The molecule has 0 aliphatic carbocycles. The Morgan fingerprint density at radius 1 is 1.18 bits per heavy atom. The van der Waals surface area contributed by atoms with Crippen LogP contribution in [0.2, 0.25) is 0 Å². The maximum Gasteiger partial charge on any atom is 0.237 e. The van der Waals surface area contributed by atoms with Crippen molar-refractivity contribution in [2.45, 2.75) is 31.4 Å². The van der Waals surface area contributed by atoms with Crippen LogP contribution in [0.25, 0.3) is 0 Å². The van der Waals surface area contributed by atoms with Crippen molar-refractivity contribution in [2.24, 2.45) is 0 Å². The first-order valence-electron chi connectivity index (χ1n) is 7.47. The second kappa shape index (κ2) is 7.41. The number of hydrogen-bond donors (Lipinski definition) is 0. The van der Waals surface area contributed by atoms with Crippen molar-refractivity contribution >= 4 is 15.7 Å². The van der Waals surface area contributed by atoms with Crippen molar-refractivity contribution in [3.63, 3.8) is 0 Å². The molecule has 1 aromatic carbocycles. The summed E-state index contributed by atoms with van der Waals surface area (Å²) in [6, 6.07) is 8.47. The standard InChI is InChI=1S/C16H20N2O3S/c17-11-14-6-5-7-15(10-14)12-22(20,21)13-16(19)18-8-3-1-2-4-9-18/h5-7,10H,1-4,8-9,12-13H2. The highest BCUT2D eigenvalue weighted by Gasteiger charge is 2.22. The van der Waals surface area contributed by atoms with Crippen molar-refractivity contribution in [1.29, 1.82) is 5.26 Å². The van der Waals surface area contributed by atoms with E-state index in [1.165, 1.54) is 0 Å². The first-order valence-corrected chi connectivity index (χ1v) is 9.29. The third-order valence-corrected chi connectivity index (χ3v) is 5.20. The van der Waals surface area contributed by atoms with Crippen LogP contribution in [0, 0.1) is 11.3 Å². The van der Waals surface area contributed by atoms with Gasteiger partial charge in [-0.05, 0) is 30.5 Å². The maximum absolute atomic E-state index is 12.2. The molecule has 0 radical (unpaired) electrons. The number of nitriles is 1. The van der Waals surface area contributed by atoms with E-state index in [9.17, 15) is 13.2 Å². The summed E-state index contributed by atoms with van der Waals surface area (Å²) in [5.41, 5.74) is 0.967. The molecule has 0 bridgehead atoms. The predicted molar refractivity (Wildman–Crippen MR) is 83.7 cm³/mol. The summed E-state index contributed by atoms with van der Waals surface area (Å²) in [4.78, 5) is 13.8. The van der Waals surface area contributed by atoms with E-state index in [1.54, 1.807) is 29.2 Å². The molecular formula is C16H20N2O3S. The second-order valence-corrected chi connectivity index (χ2v) is 7.70. The summed E-state index contributed by atoms with van der Waals surface area (Å²) in [5, 5.41) is 8.84.